The topological polar surface area (TPSA) is 104 Å². The Bertz CT molecular complexity index is 1030. The van der Waals surface area contributed by atoms with Gasteiger partial charge in [-0.3, -0.25) is 14.8 Å². The quantitative estimate of drug-likeness (QED) is 0.278. The van der Waals surface area contributed by atoms with Crippen LogP contribution in [0.2, 0.25) is 0 Å². The molecule has 0 amide bonds. The molecule has 11 heteroatoms. The molecule has 0 aliphatic heterocycles. The van der Waals surface area contributed by atoms with Gasteiger partial charge in [-0.15, -0.1) is 10.2 Å². The molecule has 2 heterocycles. The van der Waals surface area contributed by atoms with Gasteiger partial charge in [-0.25, -0.2) is 4.39 Å². The number of aromatic nitrogens is 5. The van der Waals surface area contributed by atoms with Gasteiger partial charge in [0.25, 0.3) is 0 Å². The van der Waals surface area contributed by atoms with Crippen molar-refractivity contribution >= 4 is 23.7 Å². The van der Waals surface area contributed by atoms with Crippen LogP contribution in [0.3, 0.4) is 0 Å². The number of aryl methyl sites for hydroxylation is 2. The minimum absolute atomic E-state index is 0.00539. The van der Waals surface area contributed by atoms with Crippen molar-refractivity contribution in [3.05, 3.63) is 63.0 Å². The van der Waals surface area contributed by atoms with Gasteiger partial charge in [0.1, 0.15) is 17.2 Å². The summed E-state index contributed by atoms with van der Waals surface area (Å²) in [6, 6.07) is 6.28. The van der Waals surface area contributed by atoms with Crippen LogP contribution in [0.4, 0.5) is 10.1 Å². The van der Waals surface area contributed by atoms with Gasteiger partial charge in [0, 0.05) is 5.56 Å². The molecule has 0 saturated carbocycles. The molecule has 3 aromatic rings. The number of nitrogens with zero attached hydrogens (tertiary/aromatic N) is 7. The van der Waals surface area contributed by atoms with Crippen molar-refractivity contribution in [3.63, 3.8) is 0 Å². The van der Waals surface area contributed by atoms with E-state index in [1.165, 1.54) is 33.4 Å². The van der Waals surface area contributed by atoms with Crippen LogP contribution in [-0.4, -0.2) is 35.8 Å². The van der Waals surface area contributed by atoms with E-state index in [9.17, 15) is 14.5 Å². The van der Waals surface area contributed by atoms with E-state index in [0.29, 0.717) is 33.8 Å². The molecule has 0 aliphatic rings. The summed E-state index contributed by atoms with van der Waals surface area (Å²) in [5.74, 6) is 0.453. The SMILES string of the molecule is Cc1nn(CSc2nnc(C)n2/N=C\c2ccccc2F)c(C)c1[N+](=O)[O-]. The number of thioether (sulfide) groups is 1. The first-order valence-electron chi connectivity index (χ1n) is 7.90. The Morgan fingerprint density at radius 1 is 1.30 bits per heavy atom. The second-order valence-electron chi connectivity index (χ2n) is 5.66. The maximum absolute atomic E-state index is 13.7. The number of nitro groups is 1. The fraction of sp³-hybridized carbons (Fsp3) is 0.250. The van der Waals surface area contributed by atoms with E-state index in [1.54, 1.807) is 39.0 Å². The van der Waals surface area contributed by atoms with Crippen molar-refractivity contribution in [1.82, 2.24) is 24.7 Å². The normalized spacial score (nSPS) is 11.4. The molecule has 0 radical (unpaired) electrons. The Labute approximate surface area is 158 Å². The zero-order valence-corrected chi connectivity index (χ0v) is 15.6. The van der Waals surface area contributed by atoms with Crippen molar-refractivity contribution in [2.45, 2.75) is 31.8 Å². The number of benzene rings is 1. The predicted octanol–water partition coefficient (Wildman–Crippen LogP) is 3.08. The summed E-state index contributed by atoms with van der Waals surface area (Å²) >= 11 is 1.27. The highest BCUT2D eigenvalue weighted by Gasteiger charge is 2.22. The lowest BCUT2D eigenvalue weighted by molar-refractivity contribution is -0.386. The standard InChI is InChI=1S/C16H16FN7O2S/c1-10-15(24(25)26)11(2)22(21-10)9-27-16-20-19-12(3)23(16)18-8-13-6-4-5-7-14(13)17/h4-8H,9H2,1-3H3/b18-8-. The summed E-state index contributed by atoms with van der Waals surface area (Å²) in [4.78, 5) is 10.7. The highest BCUT2D eigenvalue weighted by atomic mass is 32.2. The van der Waals surface area contributed by atoms with Crippen LogP contribution in [0.5, 0.6) is 0 Å². The highest BCUT2D eigenvalue weighted by molar-refractivity contribution is 7.98. The van der Waals surface area contributed by atoms with Crippen LogP contribution in [0.15, 0.2) is 34.5 Å². The molecule has 0 fully saturated rings. The summed E-state index contributed by atoms with van der Waals surface area (Å²) in [5.41, 5.74) is 1.16. The summed E-state index contributed by atoms with van der Waals surface area (Å²) < 4.78 is 16.8. The van der Waals surface area contributed by atoms with Crippen molar-refractivity contribution in [2.24, 2.45) is 5.10 Å². The first-order valence-corrected chi connectivity index (χ1v) is 8.89. The van der Waals surface area contributed by atoms with Gasteiger partial charge in [-0.05, 0) is 26.8 Å². The van der Waals surface area contributed by atoms with Crippen LogP contribution in [0.1, 0.15) is 22.8 Å². The largest absolute Gasteiger partial charge is 0.312 e. The summed E-state index contributed by atoms with van der Waals surface area (Å²) in [6.07, 6.45) is 1.39. The van der Waals surface area contributed by atoms with Gasteiger partial charge in [0.05, 0.1) is 17.0 Å². The minimum Gasteiger partial charge on any atom is -0.258 e. The third-order valence-electron chi connectivity index (χ3n) is 3.83. The lowest BCUT2D eigenvalue weighted by Crippen LogP contribution is -2.02. The van der Waals surface area contributed by atoms with Crippen molar-refractivity contribution < 1.29 is 9.31 Å². The average molecular weight is 389 g/mol. The van der Waals surface area contributed by atoms with Crippen molar-refractivity contribution in [3.8, 4) is 0 Å². The molecule has 1 aromatic carbocycles. The molecule has 140 valence electrons. The average Bonchev–Trinajstić information content (AvgIpc) is 3.11. The lowest BCUT2D eigenvalue weighted by Gasteiger charge is -2.04. The van der Waals surface area contributed by atoms with Gasteiger partial charge < -0.3 is 0 Å². The van der Waals surface area contributed by atoms with E-state index in [0.717, 1.165) is 0 Å². The number of halogens is 1. The van der Waals surface area contributed by atoms with E-state index < -0.39 is 4.92 Å². The highest BCUT2D eigenvalue weighted by Crippen LogP contribution is 2.25. The van der Waals surface area contributed by atoms with Gasteiger partial charge >= 0.3 is 5.69 Å². The minimum atomic E-state index is -0.440. The smallest absolute Gasteiger partial charge is 0.258 e. The lowest BCUT2D eigenvalue weighted by atomic mass is 10.2. The van der Waals surface area contributed by atoms with E-state index in [1.807, 2.05) is 0 Å². The van der Waals surface area contributed by atoms with Gasteiger partial charge in [-0.2, -0.15) is 14.9 Å². The van der Waals surface area contributed by atoms with E-state index in [-0.39, 0.29) is 11.5 Å². The monoisotopic (exact) mass is 389 g/mol. The fourth-order valence-electron chi connectivity index (χ4n) is 2.46. The maximum Gasteiger partial charge on any atom is 0.312 e. The Morgan fingerprint density at radius 2 is 2.04 bits per heavy atom. The second-order valence-corrected chi connectivity index (χ2v) is 6.57. The summed E-state index contributed by atoms with van der Waals surface area (Å²) in [5, 5.41) is 28.1. The van der Waals surface area contributed by atoms with E-state index >= 15 is 0 Å². The van der Waals surface area contributed by atoms with Gasteiger partial charge in [0.15, 0.2) is 5.82 Å². The van der Waals surface area contributed by atoms with Crippen LogP contribution >= 0.6 is 11.8 Å². The van der Waals surface area contributed by atoms with Crippen molar-refractivity contribution in [1.29, 1.82) is 0 Å². The molecule has 0 aliphatic carbocycles. The molecule has 0 bridgehead atoms. The van der Waals surface area contributed by atoms with Gasteiger partial charge in [0.2, 0.25) is 5.16 Å². The van der Waals surface area contributed by atoms with Gasteiger partial charge in [-0.1, -0.05) is 30.0 Å². The second kappa shape index (κ2) is 7.66. The zero-order chi connectivity index (χ0) is 19.6. The fourth-order valence-corrected chi connectivity index (χ4v) is 3.35. The Morgan fingerprint density at radius 3 is 2.70 bits per heavy atom. The number of hydrogen-bond acceptors (Lipinski definition) is 7. The maximum atomic E-state index is 13.7. The molecular weight excluding hydrogens is 373 g/mol. The molecule has 0 unspecified atom stereocenters. The first kappa shape index (κ1) is 18.7. The Balaban J connectivity index is 1.81. The van der Waals surface area contributed by atoms with E-state index in [2.05, 4.69) is 20.4 Å². The first-order chi connectivity index (χ1) is 12.9. The molecule has 0 N–H and O–H groups in total. The van der Waals surface area contributed by atoms with E-state index in [4.69, 9.17) is 0 Å². The Kier molecular flexibility index (Phi) is 5.31. The molecule has 9 nitrogen and oxygen atoms in total. The summed E-state index contributed by atoms with van der Waals surface area (Å²) in [7, 11) is 0. The summed E-state index contributed by atoms with van der Waals surface area (Å²) in [6.45, 7) is 4.96. The molecule has 27 heavy (non-hydrogen) atoms. The Hall–Kier alpha value is -3.08. The zero-order valence-electron chi connectivity index (χ0n) is 14.8. The predicted molar refractivity (Wildman–Crippen MR) is 98.4 cm³/mol. The molecule has 0 atom stereocenters. The molecule has 2 aromatic heterocycles. The number of hydrogen-bond donors (Lipinski definition) is 0. The van der Waals surface area contributed by atoms with Crippen LogP contribution in [-0.2, 0) is 5.88 Å². The molecule has 0 spiro atoms. The molecule has 3 rings (SSSR count). The van der Waals surface area contributed by atoms with Crippen LogP contribution in [0, 0.1) is 36.7 Å². The molecule has 0 saturated heterocycles. The van der Waals surface area contributed by atoms with Crippen LogP contribution < -0.4 is 0 Å². The van der Waals surface area contributed by atoms with Crippen molar-refractivity contribution in [2.75, 3.05) is 0 Å². The third-order valence-corrected chi connectivity index (χ3v) is 4.71. The number of rotatable bonds is 6. The van der Waals surface area contributed by atoms with Crippen LogP contribution in [0.25, 0.3) is 0 Å². The third kappa shape index (κ3) is 3.87. The molecular formula is C16H16FN7O2S.